The van der Waals surface area contributed by atoms with E-state index in [0.29, 0.717) is 12.8 Å². The fraction of sp³-hybridized carbons (Fsp3) is 0.860. The van der Waals surface area contributed by atoms with Gasteiger partial charge in [0.05, 0.1) is 25.4 Å². The van der Waals surface area contributed by atoms with Crippen LogP contribution in [0.3, 0.4) is 0 Å². The lowest BCUT2D eigenvalue weighted by Gasteiger charge is -2.41. The van der Waals surface area contributed by atoms with Crippen molar-refractivity contribution in [3.05, 3.63) is 36.5 Å². The van der Waals surface area contributed by atoms with Gasteiger partial charge in [0, 0.05) is 0 Å². The highest BCUT2D eigenvalue weighted by molar-refractivity contribution is 7.80. The molecule has 1 saturated heterocycles. The summed E-state index contributed by atoms with van der Waals surface area (Å²) < 4.78 is 47.6. The third-order valence-corrected chi connectivity index (χ3v) is 12.5. The van der Waals surface area contributed by atoms with Crippen LogP contribution in [0.5, 0.6) is 0 Å². The van der Waals surface area contributed by atoms with E-state index in [4.69, 9.17) is 9.47 Å². The second kappa shape index (κ2) is 40.4. The van der Waals surface area contributed by atoms with Gasteiger partial charge in [-0.05, 0) is 57.8 Å². The van der Waals surface area contributed by atoms with Crippen LogP contribution in [0, 0.1) is 0 Å². The Balaban J connectivity index is 2.55. The summed E-state index contributed by atoms with van der Waals surface area (Å²) in [5.74, 6) is -0.716. The van der Waals surface area contributed by atoms with Crippen LogP contribution >= 0.6 is 0 Å². The van der Waals surface area contributed by atoms with E-state index in [-0.39, 0.29) is 6.42 Å². The van der Waals surface area contributed by atoms with Crippen molar-refractivity contribution < 1.29 is 57.0 Å². The number of carbonyl (C=O) groups is 1. The summed E-state index contributed by atoms with van der Waals surface area (Å²) in [6.45, 7) is 3.21. The zero-order chi connectivity index (χ0) is 47.1. The van der Waals surface area contributed by atoms with E-state index in [0.717, 1.165) is 64.2 Å². The summed E-state index contributed by atoms with van der Waals surface area (Å²) in [5.41, 5.74) is 0. The van der Waals surface area contributed by atoms with Gasteiger partial charge in [0.25, 0.3) is 0 Å². The number of amides is 1. The molecule has 1 aliphatic rings. The molecule has 1 fully saturated rings. The molecule has 7 N–H and O–H groups in total. The normalized spacial score (nSPS) is 21.0. The maximum absolute atomic E-state index is 13.1. The largest absolute Gasteiger partial charge is 0.397 e. The minimum Gasteiger partial charge on any atom is -0.394 e. The lowest BCUT2D eigenvalue weighted by atomic mass is 9.99. The van der Waals surface area contributed by atoms with E-state index < -0.39 is 78.5 Å². The summed E-state index contributed by atoms with van der Waals surface area (Å²) in [6.07, 6.45) is 36.5. The van der Waals surface area contributed by atoms with Gasteiger partial charge in [-0.3, -0.25) is 9.35 Å². The fourth-order valence-electron chi connectivity index (χ4n) is 7.94. The van der Waals surface area contributed by atoms with Gasteiger partial charge < -0.3 is 40.3 Å². The number of hydrogen-bond acceptors (Lipinski definition) is 11. The summed E-state index contributed by atoms with van der Waals surface area (Å²) in [7, 11) is -5.12. The smallest absolute Gasteiger partial charge is 0.394 e. The van der Waals surface area contributed by atoms with Crippen molar-refractivity contribution in [1.29, 1.82) is 0 Å². The van der Waals surface area contributed by atoms with Gasteiger partial charge in [-0.1, -0.05) is 192 Å². The van der Waals surface area contributed by atoms with Crippen LogP contribution in [0.25, 0.3) is 0 Å². The van der Waals surface area contributed by atoms with Crippen molar-refractivity contribution in [2.75, 3.05) is 13.2 Å². The molecule has 8 atom stereocenters. The van der Waals surface area contributed by atoms with E-state index in [2.05, 4.69) is 47.7 Å². The number of aliphatic hydroxyl groups excluding tert-OH is 5. The van der Waals surface area contributed by atoms with Crippen molar-refractivity contribution in [2.45, 2.75) is 262 Å². The van der Waals surface area contributed by atoms with Crippen LogP contribution in [0.4, 0.5) is 0 Å². The van der Waals surface area contributed by atoms with Gasteiger partial charge in [0.15, 0.2) is 6.29 Å². The Morgan fingerprint density at radius 2 is 1.05 bits per heavy atom. The average molecular weight is 932 g/mol. The predicted octanol–water partition coefficient (Wildman–Crippen LogP) is 9.64. The molecule has 376 valence electrons. The summed E-state index contributed by atoms with van der Waals surface area (Å²) >= 11 is 0. The Hall–Kier alpha value is -1.72. The molecule has 13 nitrogen and oxygen atoms in total. The first-order valence-electron chi connectivity index (χ1n) is 25.5. The standard InChI is InChI=1S/C50H93NO12S/c1-3-5-7-9-11-13-15-17-19-21-22-23-25-27-29-31-33-35-37-39-44(54)49(57)51-42(41-61-50-47(56)48(63-64(58,59)60)46(55)45(40-52)62-50)43(53)38-36-34-32-30-28-26-24-20-18-16-14-12-10-8-6-4-2/h22-23,28,30,36,38,42-48,50,52-56H,3-21,24-27,29,31-35,37,39-41H2,1-2H3,(H,51,57)(H,58,59,60)/b23-22-,30-28+,38-36+. The molecule has 14 heteroatoms. The molecule has 0 aromatic rings. The molecule has 1 rings (SSSR count). The lowest BCUT2D eigenvalue weighted by Crippen LogP contribution is -2.61. The van der Waals surface area contributed by atoms with Crippen molar-refractivity contribution in [3.8, 4) is 0 Å². The fourth-order valence-corrected chi connectivity index (χ4v) is 8.45. The minimum absolute atomic E-state index is 0.230. The molecular formula is C50H93NO12S. The number of carbonyl (C=O) groups excluding carboxylic acids is 1. The number of ether oxygens (including phenoxy) is 2. The van der Waals surface area contributed by atoms with Crippen molar-refractivity contribution >= 4 is 16.3 Å². The molecule has 0 aromatic carbocycles. The highest BCUT2D eigenvalue weighted by Gasteiger charge is 2.48. The number of rotatable bonds is 43. The van der Waals surface area contributed by atoms with Crippen LogP contribution in [0.1, 0.15) is 213 Å². The Bertz CT molecular complexity index is 1300. The predicted molar refractivity (Wildman–Crippen MR) is 256 cm³/mol. The SMILES string of the molecule is CCCCCCCCCCC/C=C\CCCCCCCCC(O)C(=O)NC(COC1OC(CO)C(O)C(OS(=O)(=O)O)C1O)C(O)/C=C/CC/C=C/CCCCCCCCCCCC. The van der Waals surface area contributed by atoms with Gasteiger partial charge in [-0.15, -0.1) is 0 Å². The van der Waals surface area contributed by atoms with Crippen LogP contribution in [0.2, 0.25) is 0 Å². The summed E-state index contributed by atoms with van der Waals surface area (Å²) in [6, 6.07) is -1.14. The molecule has 1 amide bonds. The maximum atomic E-state index is 13.1. The Kier molecular flexibility index (Phi) is 38.0. The van der Waals surface area contributed by atoms with Crippen molar-refractivity contribution in [2.24, 2.45) is 0 Å². The molecule has 0 radical (unpaired) electrons. The van der Waals surface area contributed by atoms with Crippen LogP contribution in [-0.4, -0.2) is 107 Å². The highest BCUT2D eigenvalue weighted by Crippen LogP contribution is 2.26. The highest BCUT2D eigenvalue weighted by atomic mass is 32.3. The first kappa shape index (κ1) is 60.3. The summed E-state index contributed by atoms with van der Waals surface area (Å²) in [4.78, 5) is 13.1. The molecule has 8 unspecified atom stereocenters. The number of aliphatic hydroxyl groups is 5. The van der Waals surface area contributed by atoms with E-state index in [1.807, 2.05) is 0 Å². The molecule has 0 spiro atoms. The second-order valence-electron chi connectivity index (χ2n) is 17.9. The third kappa shape index (κ3) is 32.1. The summed E-state index contributed by atoms with van der Waals surface area (Å²) in [5, 5.41) is 55.3. The molecule has 64 heavy (non-hydrogen) atoms. The Morgan fingerprint density at radius 3 is 1.50 bits per heavy atom. The van der Waals surface area contributed by atoms with Crippen molar-refractivity contribution in [3.63, 3.8) is 0 Å². The van der Waals surface area contributed by atoms with E-state index in [1.165, 1.54) is 122 Å². The molecule has 0 aliphatic carbocycles. The zero-order valence-electron chi connectivity index (χ0n) is 40.0. The number of hydrogen-bond donors (Lipinski definition) is 7. The van der Waals surface area contributed by atoms with Gasteiger partial charge >= 0.3 is 10.4 Å². The maximum Gasteiger partial charge on any atom is 0.397 e. The first-order chi connectivity index (χ1) is 30.9. The number of allylic oxidation sites excluding steroid dienone is 5. The number of unbranched alkanes of at least 4 members (excludes halogenated alkanes) is 26. The Labute approximate surface area is 388 Å². The monoisotopic (exact) mass is 932 g/mol. The van der Waals surface area contributed by atoms with Gasteiger partial charge in [0.2, 0.25) is 5.91 Å². The molecular weight excluding hydrogens is 839 g/mol. The van der Waals surface area contributed by atoms with Crippen LogP contribution in [0.15, 0.2) is 36.5 Å². The third-order valence-electron chi connectivity index (χ3n) is 12.0. The quantitative estimate of drug-likeness (QED) is 0.0173. The Morgan fingerprint density at radius 1 is 0.625 bits per heavy atom. The molecule has 1 heterocycles. The average Bonchev–Trinajstić information content (AvgIpc) is 3.27. The van der Waals surface area contributed by atoms with Gasteiger partial charge in [0.1, 0.15) is 30.5 Å². The molecule has 0 aromatic heterocycles. The lowest BCUT2D eigenvalue weighted by molar-refractivity contribution is -0.298. The van der Waals surface area contributed by atoms with Gasteiger partial charge in [-0.2, -0.15) is 8.42 Å². The minimum atomic E-state index is -5.12. The molecule has 1 aliphatic heterocycles. The topological polar surface area (TPSA) is 212 Å². The van der Waals surface area contributed by atoms with Crippen LogP contribution in [-0.2, 0) is 28.9 Å². The van der Waals surface area contributed by atoms with E-state index in [1.54, 1.807) is 6.08 Å². The number of nitrogens with one attached hydrogen (secondary N) is 1. The van der Waals surface area contributed by atoms with Crippen LogP contribution < -0.4 is 5.32 Å². The molecule has 0 saturated carbocycles. The van der Waals surface area contributed by atoms with E-state index >= 15 is 0 Å². The molecule has 0 bridgehead atoms. The second-order valence-corrected chi connectivity index (χ2v) is 18.9. The first-order valence-corrected chi connectivity index (χ1v) is 26.8. The van der Waals surface area contributed by atoms with E-state index in [9.17, 15) is 43.3 Å². The van der Waals surface area contributed by atoms with Crippen molar-refractivity contribution in [1.82, 2.24) is 5.32 Å². The zero-order valence-corrected chi connectivity index (χ0v) is 40.8. The van der Waals surface area contributed by atoms with Gasteiger partial charge in [-0.25, -0.2) is 4.18 Å².